The highest BCUT2D eigenvalue weighted by molar-refractivity contribution is 7.99. The molecule has 1 aromatic heterocycles. The number of hydrogen-bond acceptors (Lipinski definition) is 4. The molecule has 1 saturated heterocycles. The van der Waals surface area contributed by atoms with Crippen molar-refractivity contribution in [2.45, 2.75) is 19.3 Å². The van der Waals surface area contributed by atoms with Gasteiger partial charge in [0.1, 0.15) is 0 Å². The molecular formula is C11H13F3N4OS. The molecule has 0 saturated carbocycles. The lowest BCUT2D eigenvalue weighted by atomic mass is 10.2. The molecule has 1 amide bonds. The maximum Gasteiger partial charge on any atom is 0.449 e. The van der Waals surface area contributed by atoms with Gasteiger partial charge in [0.15, 0.2) is 5.69 Å². The average molecular weight is 306 g/mol. The smallest absolute Gasteiger partial charge is 0.327 e. The summed E-state index contributed by atoms with van der Waals surface area (Å²) in [7, 11) is 0. The van der Waals surface area contributed by atoms with Crippen molar-refractivity contribution in [1.29, 1.82) is 0 Å². The van der Waals surface area contributed by atoms with E-state index in [9.17, 15) is 18.0 Å². The molecule has 3 rings (SSSR count). The second-order valence-electron chi connectivity index (χ2n) is 4.66. The quantitative estimate of drug-likeness (QED) is 0.846. The zero-order valence-corrected chi connectivity index (χ0v) is 11.4. The van der Waals surface area contributed by atoms with Gasteiger partial charge in [-0.2, -0.15) is 13.2 Å². The predicted molar refractivity (Wildman–Crippen MR) is 67.3 cm³/mol. The van der Waals surface area contributed by atoms with E-state index in [1.54, 1.807) is 16.7 Å². The lowest BCUT2D eigenvalue weighted by Gasteiger charge is -2.20. The van der Waals surface area contributed by atoms with Crippen LogP contribution in [0.25, 0.3) is 0 Å². The zero-order valence-electron chi connectivity index (χ0n) is 10.5. The lowest BCUT2D eigenvalue weighted by molar-refractivity contribution is -0.147. The minimum atomic E-state index is -4.54. The second-order valence-corrected chi connectivity index (χ2v) is 5.74. The van der Waals surface area contributed by atoms with E-state index < -0.39 is 17.9 Å². The van der Waals surface area contributed by atoms with Gasteiger partial charge in [-0.3, -0.25) is 4.79 Å². The van der Waals surface area contributed by atoms with Crippen LogP contribution in [0.4, 0.5) is 13.2 Å². The number of aromatic nitrogens is 2. The molecule has 0 spiro atoms. The SMILES string of the molecule is O=C(c1nc(C(F)(F)F)n2c1CNCC2)N1CCSC1. The molecule has 1 N–H and O–H groups in total. The molecule has 2 aliphatic rings. The molecule has 1 fully saturated rings. The van der Waals surface area contributed by atoms with Crippen molar-refractivity contribution in [1.82, 2.24) is 19.8 Å². The first kappa shape index (κ1) is 13.7. The van der Waals surface area contributed by atoms with Gasteiger partial charge < -0.3 is 14.8 Å². The van der Waals surface area contributed by atoms with Crippen molar-refractivity contribution < 1.29 is 18.0 Å². The highest BCUT2D eigenvalue weighted by Gasteiger charge is 2.41. The van der Waals surface area contributed by atoms with Gasteiger partial charge in [-0.1, -0.05) is 0 Å². The number of amides is 1. The standard InChI is InChI=1S/C11H13F3N4OS/c12-11(13,14)10-16-8(7-5-15-1-2-18(7)10)9(19)17-3-4-20-6-17/h15H,1-6H2. The van der Waals surface area contributed by atoms with Crippen LogP contribution in [0.1, 0.15) is 22.0 Å². The topological polar surface area (TPSA) is 50.2 Å². The molecule has 5 nitrogen and oxygen atoms in total. The summed E-state index contributed by atoms with van der Waals surface area (Å²) in [5, 5.41) is 2.99. The van der Waals surface area contributed by atoms with Crippen LogP contribution in [0.15, 0.2) is 0 Å². The van der Waals surface area contributed by atoms with Crippen molar-refractivity contribution in [3.63, 3.8) is 0 Å². The van der Waals surface area contributed by atoms with E-state index in [1.807, 2.05) is 0 Å². The van der Waals surface area contributed by atoms with Crippen molar-refractivity contribution >= 4 is 17.7 Å². The van der Waals surface area contributed by atoms with E-state index in [1.165, 1.54) is 0 Å². The monoisotopic (exact) mass is 306 g/mol. The summed E-state index contributed by atoms with van der Waals surface area (Å²) in [6, 6.07) is 0. The minimum Gasteiger partial charge on any atom is -0.327 e. The molecule has 3 heterocycles. The van der Waals surface area contributed by atoms with E-state index in [2.05, 4.69) is 10.3 Å². The molecule has 110 valence electrons. The summed E-state index contributed by atoms with van der Waals surface area (Å²) in [6.45, 7) is 1.43. The molecule has 0 unspecified atom stereocenters. The number of carbonyl (C=O) groups excluding carboxylic acids is 1. The highest BCUT2D eigenvalue weighted by Crippen LogP contribution is 2.32. The molecule has 0 aromatic carbocycles. The van der Waals surface area contributed by atoms with Crippen LogP contribution in [0.5, 0.6) is 0 Å². The summed E-state index contributed by atoms with van der Waals surface area (Å²) in [4.78, 5) is 17.5. The molecular weight excluding hydrogens is 293 g/mol. The largest absolute Gasteiger partial charge is 0.449 e. The second kappa shape index (κ2) is 4.96. The molecule has 0 bridgehead atoms. The molecule has 0 atom stereocenters. The Balaban J connectivity index is 2.02. The summed E-state index contributed by atoms with van der Waals surface area (Å²) in [5.74, 6) is -0.0475. The minimum absolute atomic E-state index is 0.0629. The van der Waals surface area contributed by atoms with Gasteiger partial charge >= 0.3 is 6.18 Å². The van der Waals surface area contributed by atoms with Crippen LogP contribution in [0.3, 0.4) is 0 Å². The summed E-state index contributed by atoms with van der Waals surface area (Å²) >= 11 is 1.59. The van der Waals surface area contributed by atoms with E-state index in [0.29, 0.717) is 24.7 Å². The summed E-state index contributed by atoms with van der Waals surface area (Å²) in [6.07, 6.45) is -4.54. The van der Waals surface area contributed by atoms with Gasteiger partial charge in [-0.15, -0.1) is 11.8 Å². The van der Waals surface area contributed by atoms with E-state index in [0.717, 1.165) is 10.3 Å². The third kappa shape index (κ3) is 2.28. The van der Waals surface area contributed by atoms with Crippen LogP contribution in [-0.2, 0) is 19.3 Å². The van der Waals surface area contributed by atoms with Gasteiger partial charge in [0.05, 0.1) is 11.6 Å². The van der Waals surface area contributed by atoms with E-state index in [-0.39, 0.29) is 18.8 Å². The van der Waals surface area contributed by atoms with E-state index >= 15 is 0 Å². The van der Waals surface area contributed by atoms with Gasteiger partial charge in [-0.25, -0.2) is 4.98 Å². The summed E-state index contributed by atoms with van der Waals surface area (Å²) < 4.78 is 40.1. The van der Waals surface area contributed by atoms with Gasteiger partial charge in [0.2, 0.25) is 5.82 Å². The number of thioether (sulfide) groups is 1. The van der Waals surface area contributed by atoms with Crippen LogP contribution in [0.2, 0.25) is 0 Å². The van der Waals surface area contributed by atoms with Crippen molar-refractivity contribution in [2.75, 3.05) is 24.7 Å². The van der Waals surface area contributed by atoms with Crippen molar-refractivity contribution in [3.8, 4) is 0 Å². The molecule has 0 aliphatic carbocycles. The molecule has 20 heavy (non-hydrogen) atoms. The zero-order chi connectivity index (χ0) is 14.3. The van der Waals surface area contributed by atoms with Crippen molar-refractivity contribution in [2.24, 2.45) is 0 Å². The Labute approximate surface area is 117 Å². The Hall–Kier alpha value is -1.22. The van der Waals surface area contributed by atoms with E-state index in [4.69, 9.17) is 0 Å². The number of nitrogens with one attached hydrogen (secondary N) is 1. The van der Waals surface area contributed by atoms with Crippen molar-refractivity contribution in [3.05, 3.63) is 17.2 Å². The number of nitrogens with zero attached hydrogens (tertiary/aromatic N) is 3. The van der Waals surface area contributed by atoms with Gasteiger partial charge in [0, 0.05) is 31.9 Å². The first-order valence-electron chi connectivity index (χ1n) is 6.23. The normalized spacial score (nSPS) is 19.2. The van der Waals surface area contributed by atoms with Gasteiger partial charge in [-0.05, 0) is 0 Å². The Morgan fingerprint density at radius 3 is 2.80 bits per heavy atom. The molecule has 9 heteroatoms. The van der Waals surface area contributed by atoms with Crippen LogP contribution in [0, 0.1) is 0 Å². The Morgan fingerprint density at radius 2 is 2.15 bits per heavy atom. The Bertz CT molecular complexity index is 537. The number of imidazole rings is 1. The first-order chi connectivity index (χ1) is 9.48. The summed E-state index contributed by atoms with van der Waals surface area (Å²) in [5.41, 5.74) is 0.275. The number of halogens is 3. The number of alkyl halides is 3. The maximum absolute atomic E-state index is 13.0. The van der Waals surface area contributed by atoms with Crippen LogP contribution >= 0.6 is 11.8 Å². The average Bonchev–Trinajstić information content (AvgIpc) is 3.05. The lowest BCUT2D eigenvalue weighted by Crippen LogP contribution is -2.33. The molecule has 1 aromatic rings. The fraction of sp³-hybridized carbons (Fsp3) is 0.636. The molecule has 0 radical (unpaired) electrons. The van der Waals surface area contributed by atoms with Crippen LogP contribution in [-0.4, -0.2) is 45.1 Å². The highest BCUT2D eigenvalue weighted by atomic mass is 32.2. The number of fused-ring (bicyclic) bond motifs is 1. The number of hydrogen-bond donors (Lipinski definition) is 1. The van der Waals surface area contributed by atoms with Crippen LogP contribution < -0.4 is 5.32 Å². The number of rotatable bonds is 1. The van der Waals surface area contributed by atoms with Gasteiger partial charge in [0.25, 0.3) is 5.91 Å². The Morgan fingerprint density at radius 1 is 1.35 bits per heavy atom. The molecule has 2 aliphatic heterocycles. The Kier molecular flexibility index (Phi) is 3.41. The number of carbonyl (C=O) groups is 1. The maximum atomic E-state index is 13.0. The fourth-order valence-corrected chi connectivity index (χ4v) is 3.36. The predicted octanol–water partition coefficient (Wildman–Crippen LogP) is 1.15. The third-order valence-electron chi connectivity index (χ3n) is 3.37. The first-order valence-corrected chi connectivity index (χ1v) is 7.38. The fourth-order valence-electron chi connectivity index (χ4n) is 2.42. The third-order valence-corrected chi connectivity index (χ3v) is 4.34.